The van der Waals surface area contributed by atoms with Gasteiger partial charge in [0.25, 0.3) is 5.91 Å². The van der Waals surface area contributed by atoms with Crippen LogP contribution in [0.15, 0.2) is 77.3 Å². The molecule has 41 heavy (non-hydrogen) atoms. The second kappa shape index (κ2) is 15.5. The first-order chi connectivity index (χ1) is 19.9. The van der Waals surface area contributed by atoms with E-state index in [1.54, 1.807) is 6.07 Å². The van der Waals surface area contributed by atoms with Gasteiger partial charge in [-0.1, -0.05) is 111 Å². The van der Waals surface area contributed by atoms with Crippen LogP contribution in [0.5, 0.6) is 0 Å². The highest BCUT2D eigenvalue weighted by Gasteiger charge is 2.16. The van der Waals surface area contributed by atoms with Crippen LogP contribution in [-0.2, 0) is 4.79 Å². The lowest BCUT2D eigenvalue weighted by atomic mass is 10.0. The third-order valence-corrected chi connectivity index (χ3v) is 7.87. The highest BCUT2D eigenvalue weighted by molar-refractivity contribution is 9.10. The minimum atomic E-state index is -0.223. The Morgan fingerprint density at radius 3 is 2.10 bits per heavy atom. The number of pyridine rings is 1. The Kier molecular flexibility index (Phi) is 11.5. The van der Waals surface area contributed by atoms with Crippen molar-refractivity contribution in [3.63, 3.8) is 0 Å². The van der Waals surface area contributed by atoms with Gasteiger partial charge in [0.15, 0.2) is 0 Å². The van der Waals surface area contributed by atoms with Gasteiger partial charge >= 0.3 is 0 Å². The first-order valence-corrected chi connectivity index (χ1v) is 15.6. The first-order valence-electron chi connectivity index (χ1n) is 14.8. The third kappa shape index (κ3) is 8.99. The van der Waals surface area contributed by atoms with Gasteiger partial charge in [0.05, 0.1) is 16.8 Å². The Hall–Kier alpha value is -3.51. The number of carbonyl (C=O) groups excluding carboxylic acids is 2. The number of nitrogens with one attached hydrogen (secondary N) is 2. The molecule has 6 heteroatoms. The average Bonchev–Trinajstić information content (AvgIpc) is 2.96. The van der Waals surface area contributed by atoms with Gasteiger partial charge in [0, 0.05) is 33.2 Å². The highest BCUT2D eigenvalue weighted by Crippen LogP contribution is 2.28. The summed E-state index contributed by atoms with van der Waals surface area (Å²) in [5.74, 6) is -0.217. The van der Waals surface area contributed by atoms with Gasteiger partial charge < -0.3 is 10.6 Å². The molecule has 2 N–H and O–H groups in total. The van der Waals surface area contributed by atoms with Crippen LogP contribution in [0.4, 0.5) is 11.4 Å². The number of amides is 2. The van der Waals surface area contributed by atoms with Crippen molar-refractivity contribution >= 4 is 50.0 Å². The topological polar surface area (TPSA) is 71.1 Å². The van der Waals surface area contributed by atoms with Gasteiger partial charge in [-0.2, -0.15) is 0 Å². The molecule has 0 unspecified atom stereocenters. The van der Waals surface area contributed by atoms with E-state index < -0.39 is 0 Å². The number of carbonyl (C=O) groups is 2. The van der Waals surface area contributed by atoms with Crippen molar-refractivity contribution in [2.45, 2.75) is 78.1 Å². The molecular weight excluding hydrogens is 574 g/mol. The lowest BCUT2D eigenvalue weighted by Gasteiger charge is -2.13. The van der Waals surface area contributed by atoms with E-state index in [0.717, 1.165) is 45.0 Å². The predicted octanol–water partition coefficient (Wildman–Crippen LogP) is 10.1. The molecule has 3 aromatic carbocycles. The van der Waals surface area contributed by atoms with Crippen molar-refractivity contribution in [3.8, 4) is 11.3 Å². The van der Waals surface area contributed by atoms with Gasteiger partial charge in [-0.15, -0.1) is 0 Å². The Morgan fingerprint density at radius 1 is 0.756 bits per heavy atom. The molecule has 0 aliphatic rings. The minimum Gasteiger partial charge on any atom is -0.326 e. The number of rotatable bonds is 14. The van der Waals surface area contributed by atoms with E-state index >= 15 is 0 Å². The zero-order valence-electron chi connectivity index (χ0n) is 24.1. The fourth-order valence-electron chi connectivity index (χ4n) is 5.04. The summed E-state index contributed by atoms with van der Waals surface area (Å²) in [4.78, 5) is 31.0. The van der Waals surface area contributed by atoms with Crippen LogP contribution in [-0.4, -0.2) is 16.8 Å². The van der Waals surface area contributed by atoms with E-state index in [1.165, 1.54) is 44.9 Å². The maximum absolute atomic E-state index is 13.6. The number of anilines is 2. The van der Waals surface area contributed by atoms with Crippen LogP contribution in [0, 0.1) is 6.92 Å². The second-order valence-corrected chi connectivity index (χ2v) is 11.6. The largest absolute Gasteiger partial charge is 0.326 e. The Bertz CT molecular complexity index is 1470. The van der Waals surface area contributed by atoms with Gasteiger partial charge in [-0.3, -0.25) is 9.59 Å². The number of halogens is 1. The predicted molar refractivity (Wildman–Crippen MR) is 174 cm³/mol. The summed E-state index contributed by atoms with van der Waals surface area (Å²) >= 11 is 3.48. The maximum Gasteiger partial charge on any atom is 0.256 e. The maximum atomic E-state index is 13.6. The van der Waals surface area contributed by atoms with Gasteiger partial charge in [0.1, 0.15) is 0 Å². The van der Waals surface area contributed by atoms with Crippen LogP contribution in [0.3, 0.4) is 0 Å². The monoisotopic (exact) mass is 613 g/mol. The Morgan fingerprint density at radius 2 is 1.39 bits per heavy atom. The average molecular weight is 615 g/mol. The van der Waals surface area contributed by atoms with E-state index in [2.05, 4.69) is 33.5 Å². The number of fused-ring (bicyclic) bond motifs is 1. The number of aromatic nitrogens is 1. The fourth-order valence-corrected chi connectivity index (χ4v) is 5.31. The van der Waals surface area contributed by atoms with Gasteiger partial charge in [-0.05, 0) is 55.3 Å². The van der Waals surface area contributed by atoms with Crippen LogP contribution in [0.1, 0.15) is 87.1 Å². The molecular formula is C35H40BrN3O2. The van der Waals surface area contributed by atoms with E-state index in [4.69, 9.17) is 4.98 Å². The summed E-state index contributed by atoms with van der Waals surface area (Å²) in [6.45, 7) is 4.24. The molecule has 0 radical (unpaired) electrons. The summed E-state index contributed by atoms with van der Waals surface area (Å²) in [7, 11) is 0. The molecule has 1 heterocycles. The van der Waals surface area contributed by atoms with Crippen molar-refractivity contribution in [3.05, 3.63) is 88.4 Å². The minimum absolute atomic E-state index is 0.00571. The van der Waals surface area contributed by atoms with Crippen molar-refractivity contribution in [1.29, 1.82) is 0 Å². The number of unbranched alkanes of at least 4 members (excludes halogenated alkanes) is 8. The molecule has 0 spiro atoms. The number of para-hydroxylation sites is 1. The number of benzene rings is 3. The van der Waals surface area contributed by atoms with E-state index in [0.29, 0.717) is 23.4 Å². The van der Waals surface area contributed by atoms with Crippen molar-refractivity contribution in [2.24, 2.45) is 0 Å². The van der Waals surface area contributed by atoms with Crippen molar-refractivity contribution in [1.82, 2.24) is 4.98 Å². The molecule has 0 saturated carbocycles. The lowest BCUT2D eigenvalue weighted by Crippen LogP contribution is -2.14. The molecule has 4 aromatic rings. The number of hydrogen-bond donors (Lipinski definition) is 2. The number of aryl methyl sites for hydroxylation is 1. The highest BCUT2D eigenvalue weighted by atomic mass is 79.9. The van der Waals surface area contributed by atoms with E-state index in [1.807, 2.05) is 73.7 Å². The van der Waals surface area contributed by atoms with Crippen LogP contribution < -0.4 is 10.6 Å². The normalized spacial score (nSPS) is 11.0. The molecule has 0 saturated heterocycles. The molecule has 0 bridgehead atoms. The number of nitrogens with zero attached hydrogens (tertiary/aromatic N) is 1. The summed E-state index contributed by atoms with van der Waals surface area (Å²) in [6.07, 6.45) is 11.5. The summed E-state index contributed by atoms with van der Waals surface area (Å²) in [5.41, 5.74) is 5.33. The second-order valence-electron chi connectivity index (χ2n) is 10.7. The molecule has 5 nitrogen and oxygen atoms in total. The Labute approximate surface area is 252 Å². The SMILES string of the molecule is CCCCCCCCCCCC(=O)Nc1cccc(NC(=O)c2cc(-c3ccc(Br)cc3)nc3c(C)cccc23)c1. The smallest absolute Gasteiger partial charge is 0.256 e. The van der Waals surface area contributed by atoms with Gasteiger partial charge in [0.2, 0.25) is 5.91 Å². The van der Waals surface area contributed by atoms with Crippen molar-refractivity contribution in [2.75, 3.05) is 10.6 Å². The standard InChI is InChI=1S/C35H40BrN3O2/c1-3-4-5-6-7-8-9-10-11-18-33(40)37-28-15-13-16-29(23-28)38-35(41)31-24-32(26-19-21-27(36)22-20-26)39-34-25(2)14-12-17-30(31)34/h12-17,19-24H,3-11,18H2,1-2H3,(H,37,40)(H,38,41). The van der Waals surface area contributed by atoms with E-state index in [-0.39, 0.29) is 11.8 Å². The molecule has 4 rings (SSSR count). The number of hydrogen-bond acceptors (Lipinski definition) is 3. The summed E-state index contributed by atoms with van der Waals surface area (Å²) in [6, 6.07) is 22.9. The lowest BCUT2D eigenvalue weighted by molar-refractivity contribution is -0.116. The van der Waals surface area contributed by atoms with Crippen LogP contribution in [0.25, 0.3) is 22.2 Å². The molecule has 214 valence electrons. The first kappa shape index (κ1) is 30.4. The molecule has 0 aliphatic carbocycles. The molecule has 0 fully saturated rings. The molecule has 2 amide bonds. The summed E-state index contributed by atoms with van der Waals surface area (Å²) in [5, 5.41) is 6.82. The van der Waals surface area contributed by atoms with E-state index in [9.17, 15) is 9.59 Å². The fraction of sp³-hybridized carbons (Fsp3) is 0.343. The molecule has 1 aromatic heterocycles. The molecule has 0 aliphatic heterocycles. The van der Waals surface area contributed by atoms with Gasteiger partial charge in [-0.25, -0.2) is 4.98 Å². The summed E-state index contributed by atoms with van der Waals surface area (Å²) < 4.78 is 0.983. The third-order valence-electron chi connectivity index (χ3n) is 7.34. The quantitative estimate of drug-likeness (QED) is 0.139. The van der Waals surface area contributed by atoms with Crippen LogP contribution >= 0.6 is 15.9 Å². The molecule has 0 atom stereocenters. The Balaban J connectivity index is 1.38. The van der Waals surface area contributed by atoms with Crippen molar-refractivity contribution < 1.29 is 9.59 Å². The van der Waals surface area contributed by atoms with Crippen LogP contribution in [0.2, 0.25) is 0 Å². The zero-order valence-corrected chi connectivity index (χ0v) is 25.7. The zero-order chi connectivity index (χ0) is 29.0.